The fourth-order valence-corrected chi connectivity index (χ4v) is 4.57. The summed E-state index contributed by atoms with van der Waals surface area (Å²) in [6, 6.07) is 24.0. The van der Waals surface area contributed by atoms with Gasteiger partial charge in [0.15, 0.2) is 0 Å². The van der Waals surface area contributed by atoms with Gasteiger partial charge in [0.1, 0.15) is 5.70 Å². The Morgan fingerprint density at radius 3 is 2.44 bits per heavy atom. The molecule has 1 aromatic heterocycles. The molecular formula is C29H22Cl2N4O3S. The van der Waals surface area contributed by atoms with Crippen molar-refractivity contribution >= 4 is 70.1 Å². The first-order valence-electron chi connectivity index (χ1n) is 11.6. The predicted octanol–water partition coefficient (Wildman–Crippen LogP) is 6.53. The Kier molecular flexibility index (Phi) is 9.74. The van der Waals surface area contributed by atoms with E-state index in [0.717, 1.165) is 4.90 Å². The Hall–Kier alpha value is -4.11. The Morgan fingerprint density at radius 1 is 0.872 bits per heavy atom. The fraction of sp³-hybridized carbons (Fsp3) is 0.0345. The van der Waals surface area contributed by atoms with Crippen molar-refractivity contribution in [3.8, 4) is 0 Å². The lowest BCUT2D eigenvalue weighted by Gasteiger charge is -2.12. The smallest absolute Gasteiger partial charge is 0.272 e. The molecule has 4 rings (SSSR count). The van der Waals surface area contributed by atoms with E-state index in [9.17, 15) is 14.4 Å². The average molecular weight is 577 g/mol. The lowest BCUT2D eigenvalue weighted by atomic mass is 10.2. The Balaban J connectivity index is 1.43. The topological polar surface area (TPSA) is 100 Å². The molecule has 3 aromatic carbocycles. The Morgan fingerprint density at radius 2 is 1.69 bits per heavy atom. The number of halogens is 2. The van der Waals surface area contributed by atoms with Crippen LogP contribution in [0.1, 0.15) is 15.9 Å². The molecule has 0 fully saturated rings. The quantitative estimate of drug-likeness (QED) is 0.155. The van der Waals surface area contributed by atoms with E-state index >= 15 is 0 Å². The lowest BCUT2D eigenvalue weighted by Crippen LogP contribution is -2.30. The summed E-state index contributed by atoms with van der Waals surface area (Å²) in [6.07, 6.45) is 4.75. The summed E-state index contributed by atoms with van der Waals surface area (Å²) in [6.45, 7) is 0. The third-order valence-electron chi connectivity index (χ3n) is 5.19. The third-order valence-corrected chi connectivity index (χ3v) is 6.73. The normalized spacial score (nSPS) is 11.0. The number of nitrogens with one attached hydrogen (secondary N) is 3. The molecule has 10 heteroatoms. The number of carbonyl (C=O) groups is 3. The van der Waals surface area contributed by atoms with Crippen molar-refractivity contribution in [3.63, 3.8) is 0 Å². The zero-order chi connectivity index (χ0) is 27.6. The number of carbonyl (C=O) groups excluding carboxylic acids is 3. The molecule has 0 aliphatic carbocycles. The summed E-state index contributed by atoms with van der Waals surface area (Å²) < 4.78 is 0. The van der Waals surface area contributed by atoms with Crippen LogP contribution < -0.4 is 16.0 Å². The van der Waals surface area contributed by atoms with E-state index in [1.54, 1.807) is 97.3 Å². The molecule has 0 saturated carbocycles. The number of amides is 3. The first-order chi connectivity index (χ1) is 18.9. The maximum Gasteiger partial charge on any atom is 0.272 e. The van der Waals surface area contributed by atoms with Crippen LogP contribution >= 0.6 is 35.0 Å². The highest BCUT2D eigenvalue weighted by Crippen LogP contribution is 2.26. The molecule has 3 N–H and O–H groups in total. The number of nitrogens with zero attached hydrogens (tertiary/aromatic N) is 1. The number of anilines is 2. The largest absolute Gasteiger partial charge is 0.324 e. The molecule has 0 atom stereocenters. The number of pyridine rings is 1. The van der Waals surface area contributed by atoms with E-state index in [4.69, 9.17) is 23.2 Å². The maximum absolute atomic E-state index is 13.2. The molecule has 0 radical (unpaired) electrons. The molecule has 7 nitrogen and oxygen atoms in total. The van der Waals surface area contributed by atoms with E-state index in [-0.39, 0.29) is 17.4 Å². The molecule has 0 aliphatic rings. The van der Waals surface area contributed by atoms with Gasteiger partial charge in [0, 0.05) is 33.6 Å². The number of thioether (sulfide) groups is 1. The van der Waals surface area contributed by atoms with Crippen LogP contribution in [0.4, 0.5) is 11.4 Å². The molecule has 4 aromatic rings. The number of aromatic nitrogens is 1. The Bertz CT molecular complexity index is 1520. The van der Waals surface area contributed by atoms with E-state index in [2.05, 4.69) is 20.9 Å². The summed E-state index contributed by atoms with van der Waals surface area (Å²) in [5.41, 5.74) is 2.08. The average Bonchev–Trinajstić information content (AvgIpc) is 2.94. The van der Waals surface area contributed by atoms with Crippen LogP contribution in [0.3, 0.4) is 0 Å². The molecule has 196 valence electrons. The van der Waals surface area contributed by atoms with E-state index in [1.165, 1.54) is 11.8 Å². The second-order valence-corrected chi connectivity index (χ2v) is 10.00. The SMILES string of the molecule is O=C(CSc1cccc(NC(=O)/C(=C/c2cccnc2)NC(=O)c2ccccc2)c1)Nc1ccc(Cl)cc1Cl. The van der Waals surface area contributed by atoms with Crippen LogP contribution in [0.15, 0.2) is 108 Å². The summed E-state index contributed by atoms with van der Waals surface area (Å²) in [7, 11) is 0. The number of hydrogen-bond acceptors (Lipinski definition) is 5. The minimum Gasteiger partial charge on any atom is -0.324 e. The molecule has 0 saturated heterocycles. The Labute approximate surface area is 239 Å². The minimum absolute atomic E-state index is 0.0501. The van der Waals surface area contributed by atoms with Gasteiger partial charge in [0.05, 0.1) is 16.5 Å². The van der Waals surface area contributed by atoms with Gasteiger partial charge in [-0.15, -0.1) is 11.8 Å². The summed E-state index contributed by atoms with van der Waals surface area (Å²) >= 11 is 13.3. The van der Waals surface area contributed by atoms with Crippen LogP contribution in [0.5, 0.6) is 0 Å². The van der Waals surface area contributed by atoms with Crippen molar-refractivity contribution in [1.29, 1.82) is 0 Å². The molecule has 3 amide bonds. The van der Waals surface area contributed by atoms with Crippen molar-refractivity contribution < 1.29 is 14.4 Å². The van der Waals surface area contributed by atoms with Gasteiger partial charge in [-0.25, -0.2) is 0 Å². The van der Waals surface area contributed by atoms with Gasteiger partial charge in [-0.3, -0.25) is 19.4 Å². The van der Waals surface area contributed by atoms with Gasteiger partial charge in [-0.1, -0.05) is 53.5 Å². The standard InChI is InChI=1S/C29H22Cl2N4O3S/c30-21-11-12-25(24(31)15-21)34-27(36)18-39-23-10-4-9-22(16-23)33-29(38)26(14-19-6-5-13-32-17-19)35-28(37)20-7-2-1-3-8-20/h1-17H,18H2,(H,33,38)(H,34,36)(H,35,37)/b26-14-. The first-order valence-corrected chi connectivity index (χ1v) is 13.4. The molecule has 0 aliphatic heterocycles. The molecule has 39 heavy (non-hydrogen) atoms. The minimum atomic E-state index is -0.514. The van der Waals surface area contributed by atoms with Crippen LogP contribution in [0, 0.1) is 0 Å². The highest BCUT2D eigenvalue weighted by molar-refractivity contribution is 8.00. The van der Waals surface area contributed by atoms with Gasteiger partial charge >= 0.3 is 0 Å². The monoisotopic (exact) mass is 576 g/mol. The van der Waals surface area contributed by atoms with Gasteiger partial charge in [0.25, 0.3) is 11.8 Å². The second-order valence-electron chi connectivity index (χ2n) is 8.11. The highest BCUT2D eigenvalue weighted by Gasteiger charge is 2.15. The number of benzene rings is 3. The number of rotatable bonds is 9. The van der Waals surface area contributed by atoms with Crippen molar-refractivity contribution in [2.24, 2.45) is 0 Å². The van der Waals surface area contributed by atoms with Gasteiger partial charge in [-0.05, 0) is 66.2 Å². The summed E-state index contributed by atoms with van der Waals surface area (Å²) in [5.74, 6) is -1.06. The summed E-state index contributed by atoms with van der Waals surface area (Å²) in [5, 5.41) is 9.08. The van der Waals surface area contributed by atoms with Crippen molar-refractivity contribution in [2.75, 3.05) is 16.4 Å². The van der Waals surface area contributed by atoms with Gasteiger partial charge < -0.3 is 16.0 Å². The van der Waals surface area contributed by atoms with Crippen molar-refractivity contribution in [2.45, 2.75) is 4.90 Å². The van der Waals surface area contributed by atoms with Crippen LogP contribution in [-0.2, 0) is 9.59 Å². The van der Waals surface area contributed by atoms with E-state index in [1.807, 2.05) is 6.07 Å². The van der Waals surface area contributed by atoms with Gasteiger partial charge in [0.2, 0.25) is 5.91 Å². The van der Waals surface area contributed by atoms with Crippen molar-refractivity contribution in [1.82, 2.24) is 10.3 Å². The fourth-order valence-electron chi connectivity index (χ4n) is 3.36. The third kappa shape index (κ3) is 8.44. The van der Waals surface area contributed by atoms with E-state index < -0.39 is 11.8 Å². The van der Waals surface area contributed by atoms with Crippen LogP contribution in [0.25, 0.3) is 6.08 Å². The van der Waals surface area contributed by atoms with Crippen molar-refractivity contribution in [3.05, 3.63) is 124 Å². The molecule has 0 spiro atoms. The number of hydrogen-bond donors (Lipinski definition) is 3. The molecule has 0 bridgehead atoms. The molecule has 1 heterocycles. The highest BCUT2D eigenvalue weighted by atomic mass is 35.5. The zero-order valence-corrected chi connectivity index (χ0v) is 22.7. The predicted molar refractivity (Wildman–Crippen MR) is 157 cm³/mol. The maximum atomic E-state index is 13.2. The molecule has 0 unspecified atom stereocenters. The van der Waals surface area contributed by atoms with Crippen LogP contribution in [0.2, 0.25) is 10.0 Å². The van der Waals surface area contributed by atoms with Gasteiger partial charge in [-0.2, -0.15) is 0 Å². The molecular weight excluding hydrogens is 555 g/mol. The van der Waals surface area contributed by atoms with E-state index in [0.29, 0.717) is 32.5 Å². The lowest BCUT2D eigenvalue weighted by molar-refractivity contribution is -0.114. The zero-order valence-electron chi connectivity index (χ0n) is 20.4. The van der Waals surface area contributed by atoms with Crippen LogP contribution in [-0.4, -0.2) is 28.5 Å². The summed E-state index contributed by atoms with van der Waals surface area (Å²) in [4.78, 5) is 43.2. The second kappa shape index (κ2) is 13.6. The first kappa shape index (κ1) is 27.9.